The number of rotatable bonds is 3. The molecule has 0 aromatic carbocycles. The highest BCUT2D eigenvalue weighted by Gasteiger charge is 2.28. The molecule has 1 aromatic heterocycles. The van der Waals surface area contributed by atoms with Crippen LogP contribution in [0.1, 0.15) is 25.6 Å². The maximum atomic E-state index is 9.16. The highest BCUT2D eigenvalue weighted by atomic mass is 16.3. The van der Waals surface area contributed by atoms with Gasteiger partial charge < -0.3 is 15.4 Å². The fraction of sp³-hybridized carbons (Fsp3) is 0.600. The van der Waals surface area contributed by atoms with Crippen molar-refractivity contribution in [1.82, 2.24) is 4.57 Å². The van der Waals surface area contributed by atoms with Gasteiger partial charge in [0.05, 0.1) is 12.6 Å². The van der Waals surface area contributed by atoms with Gasteiger partial charge in [-0.15, -0.1) is 0 Å². The molecule has 0 fully saturated rings. The third kappa shape index (κ3) is 1.92. The lowest BCUT2D eigenvalue weighted by Crippen LogP contribution is -2.33. The molecule has 3 N–H and O–H groups in total. The second-order valence-electron chi connectivity index (χ2n) is 4.17. The SMILES string of the molecule is Cn1cccc1[C@H](N)C(C)(C)CO. The van der Waals surface area contributed by atoms with E-state index in [-0.39, 0.29) is 18.1 Å². The molecule has 3 heteroatoms. The van der Waals surface area contributed by atoms with Crippen LogP contribution in [0.3, 0.4) is 0 Å². The van der Waals surface area contributed by atoms with Gasteiger partial charge in [-0.25, -0.2) is 0 Å². The Morgan fingerprint density at radius 2 is 2.23 bits per heavy atom. The fourth-order valence-corrected chi connectivity index (χ4v) is 1.30. The van der Waals surface area contributed by atoms with Crippen LogP contribution in [0.5, 0.6) is 0 Å². The molecule has 1 aromatic rings. The van der Waals surface area contributed by atoms with Crippen LogP contribution >= 0.6 is 0 Å². The summed E-state index contributed by atoms with van der Waals surface area (Å²) in [5.74, 6) is 0. The normalized spacial score (nSPS) is 14.5. The van der Waals surface area contributed by atoms with Gasteiger partial charge in [-0.05, 0) is 12.1 Å². The molecule has 0 spiro atoms. The lowest BCUT2D eigenvalue weighted by Gasteiger charge is -2.29. The van der Waals surface area contributed by atoms with Crippen LogP contribution in [0.15, 0.2) is 18.3 Å². The number of aromatic nitrogens is 1. The molecule has 0 saturated heterocycles. The van der Waals surface area contributed by atoms with Crippen molar-refractivity contribution in [1.29, 1.82) is 0 Å². The molecule has 0 aliphatic rings. The van der Waals surface area contributed by atoms with Gasteiger partial charge in [0.15, 0.2) is 0 Å². The number of hydrogen-bond acceptors (Lipinski definition) is 2. The van der Waals surface area contributed by atoms with Gasteiger partial charge in [0.25, 0.3) is 0 Å². The van der Waals surface area contributed by atoms with E-state index in [1.54, 1.807) is 0 Å². The molecule has 1 heterocycles. The molecule has 0 amide bonds. The topological polar surface area (TPSA) is 51.2 Å². The van der Waals surface area contributed by atoms with Gasteiger partial charge in [-0.3, -0.25) is 0 Å². The maximum absolute atomic E-state index is 9.16. The van der Waals surface area contributed by atoms with Gasteiger partial charge in [-0.1, -0.05) is 13.8 Å². The van der Waals surface area contributed by atoms with Crippen molar-refractivity contribution in [2.75, 3.05) is 6.61 Å². The lowest BCUT2D eigenvalue weighted by molar-refractivity contribution is 0.129. The van der Waals surface area contributed by atoms with Crippen LogP contribution in [0, 0.1) is 5.41 Å². The molecule has 1 atom stereocenters. The molecule has 13 heavy (non-hydrogen) atoms. The Hall–Kier alpha value is -0.800. The lowest BCUT2D eigenvalue weighted by atomic mass is 9.84. The molecule has 0 bridgehead atoms. The summed E-state index contributed by atoms with van der Waals surface area (Å²) >= 11 is 0. The molecule has 0 aliphatic heterocycles. The Labute approximate surface area is 79.2 Å². The van der Waals surface area contributed by atoms with Crippen LogP contribution in [-0.4, -0.2) is 16.3 Å². The zero-order valence-corrected chi connectivity index (χ0v) is 8.49. The highest BCUT2D eigenvalue weighted by Crippen LogP contribution is 2.30. The van der Waals surface area contributed by atoms with Crippen molar-refractivity contribution >= 4 is 0 Å². The molecule has 3 nitrogen and oxygen atoms in total. The number of aliphatic hydroxyl groups excluding tert-OH is 1. The first kappa shape index (κ1) is 10.3. The molecule has 0 aliphatic carbocycles. The third-order valence-corrected chi connectivity index (χ3v) is 2.55. The minimum atomic E-state index is -0.272. The minimum Gasteiger partial charge on any atom is -0.396 e. The second kappa shape index (κ2) is 3.52. The summed E-state index contributed by atoms with van der Waals surface area (Å²) in [5.41, 5.74) is 6.83. The van der Waals surface area contributed by atoms with Crippen molar-refractivity contribution in [2.45, 2.75) is 19.9 Å². The third-order valence-electron chi connectivity index (χ3n) is 2.55. The van der Waals surface area contributed by atoms with Gasteiger partial charge >= 0.3 is 0 Å². The molecular formula is C10H18N2O. The Morgan fingerprint density at radius 1 is 1.62 bits per heavy atom. The molecule has 0 radical (unpaired) electrons. The molecule has 74 valence electrons. The van der Waals surface area contributed by atoms with Crippen LogP contribution in [0.2, 0.25) is 0 Å². The minimum absolute atomic E-state index is 0.0966. The summed E-state index contributed by atoms with van der Waals surface area (Å²) in [5, 5.41) is 9.16. The summed E-state index contributed by atoms with van der Waals surface area (Å²) in [4.78, 5) is 0. The van der Waals surface area contributed by atoms with E-state index >= 15 is 0 Å². The second-order valence-corrected chi connectivity index (χ2v) is 4.17. The zero-order valence-electron chi connectivity index (χ0n) is 8.49. The Morgan fingerprint density at radius 3 is 2.62 bits per heavy atom. The fourth-order valence-electron chi connectivity index (χ4n) is 1.30. The zero-order chi connectivity index (χ0) is 10.1. The molecule has 0 saturated carbocycles. The largest absolute Gasteiger partial charge is 0.396 e. The van der Waals surface area contributed by atoms with E-state index in [0.717, 1.165) is 5.69 Å². The molecule has 1 rings (SSSR count). The summed E-state index contributed by atoms with van der Waals surface area (Å²) in [7, 11) is 1.96. The quantitative estimate of drug-likeness (QED) is 0.734. The van der Waals surface area contributed by atoms with Crippen LogP contribution in [-0.2, 0) is 7.05 Å². The van der Waals surface area contributed by atoms with Crippen molar-refractivity contribution < 1.29 is 5.11 Å². The first-order chi connectivity index (χ1) is 5.99. The van der Waals surface area contributed by atoms with Gasteiger partial charge in [0, 0.05) is 24.4 Å². The summed E-state index contributed by atoms with van der Waals surface area (Å²) in [6.45, 7) is 4.02. The summed E-state index contributed by atoms with van der Waals surface area (Å²) in [6.07, 6.45) is 1.96. The van der Waals surface area contributed by atoms with Crippen molar-refractivity contribution in [3.05, 3.63) is 24.0 Å². The van der Waals surface area contributed by atoms with Crippen molar-refractivity contribution in [2.24, 2.45) is 18.2 Å². The first-order valence-corrected chi connectivity index (χ1v) is 4.46. The van der Waals surface area contributed by atoms with E-state index in [0.29, 0.717) is 0 Å². The Kier molecular flexibility index (Phi) is 2.78. The van der Waals surface area contributed by atoms with Gasteiger partial charge in [-0.2, -0.15) is 0 Å². The van der Waals surface area contributed by atoms with E-state index in [9.17, 15) is 0 Å². The number of aryl methyl sites for hydroxylation is 1. The van der Waals surface area contributed by atoms with Crippen LogP contribution in [0.4, 0.5) is 0 Å². The monoisotopic (exact) mass is 182 g/mol. The maximum Gasteiger partial charge on any atom is 0.0523 e. The van der Waals surface area contributed by atoms with Gasteiger partial charge in [0.2, 0.25) is 0 Å². The predicted octanol–water partition coefficient (Wildman–Crippen LogP) is 1.04. The number of nitrogens with two attached hydrogens (primary N) is 1. The predicted molar refractivity (Wildman–Crippen MR) is 53.2 cm³/mol. The van der Waals surface area contributed by atoms with Crippen LogP contribution < -0.4 is 5.73 Å². The standard InChI is InChI=1S/C10H18N2O/c1-10(2,7-13)9(11)8-5-4-6-12(8)3/h4-6,9,13H,7,11H2,1-3H3/t9-/m0/s1. The van der Waals surface area contributed by atoms with E-state index < -0.39 is 0 Å². The van der Waals surface area contributed by atoms with Crippen LogP contribution in [0.25, 0.3) is 0 Å². The van der Waals surface area contributed by atoms with E-state index in [1.165, 1.54) is 0 Å². The average Bonchev–Trinajstić information content (AvgIpc) is 2.50. The Balaban J connectivity index is 2.91. The van der Waals surface area contributed by atoms with E-state index in [4.69, 9.17) is 10.8 Å². The molecular weight excluding hydrogens is 164 g/mol. The van der Waals surface area contributed by atoms with Crippen molar-refractivity contribution in [3.8, 4) is 0 Å². The summed E-state index contributed by atoms with van der Waals surface area (Å²) in [6, 6.07) is 3.82. The van der Waals surface area contributed by atoms with E-state index in [2.05, 4.69) is 0 Å². The number of hydrogen-bond donors (Lipinski definition) is 2. The Bertz CT molecular complexity index is 278. The van der Waals surface area contributed by atoms with Crippen molar-refractivity contribution in [3.63, 3.8) is 0 Å². The molecule has 0 unspecified atom stereocenters. The number of nitrogens with zero attached hydrogens (tertiary/aromatic N) is 1. The first-order valence-electron chi connectivity index (χ1n) is 4.46. The highest BCUT2D eigenvalue weighted by molar-refractivity contribution is 5.13. The van der Waals surface area contributed by atoms with E-state index in [1.807, 2.05) is 43.8 Å². The number of aliphatic hydroxyl groups is 1. The smallest absolute Gasteiger partial charge is 0.0523 e. The average molecular weight is 182 g/mol. The van der Waals surface area contributed by atoms with Gasteiger partial charge in [0.1, 0.15) is 0 Å². The summed E-state index contributed by atoms with van der Waals surface area (Å²) < 4.78 is 1.99.